The Morgan fingerprint density at radius 2 is 2.00 bits per heavy atom. The number of aromatic carboxylic acids is 1. The van der Waals surface area contributed by atoms with E-state index in [1.165, 1.54) is 0 Å². The zero-order chi connectivity index (χ0) is 12.6. The van der Waals surface area contributed by atoms with E-state index in [1.54, 1.807) is 18.2 Å². The molecule has 0 radical (unpaired) electrons. The molecule has 0 unspecified atom stereocenters. The van der Waals surface area contributed by atoms with Crippen molar-refractivity contribution in [3.05, 3.63) is 38.1 Å². The van der Waals surface area contributed by atoms with Gasteiger partial charge in [0.05, 0.1) is 10.0 Å². The summed E-state index contributed by atoms with van der Waals surface area (Å²) in [5.74, 6) is -1.11. The van der Waals surface area contributed by atoms with Crippen LogP contribution >= 0.6 is 46.3 Å². The Hall–Kier alpha value is -0.810. The number of carboxylic acid groups (broad SMARTS) is 1. The topological polar surface area (TPSA) is 50.2 Å². The van der Waals surface area contributed by atoms with Crippen molar-refractivity contribution in [2.75, 3.05) is 0 Å². The van der Waals surface area contributed by atoms with Gasteiger partial charge < -0.3 is 5.11 Å². The van der Waals surface area contributed by atoms with Crippen LogP contribution in [-0.2, 0) is 0 Å². The molecule has 0 atom stereocenters. The van der Waals surface area contributed by atoms with E-state index < -0.39 is 5.97 Å². The number of benzene rings is 1. The third kappa shape index (κ3) is 2.40. The van der Waals surface area contributed by atoms with E-state index in [0.29, 0.717) is 21.3 Å². The number of hydrogen-bond donors (Lipinski definition) is 1. The van der Waals surface area contributed by atoms with Crippen LogP contribution in [0.1, 0.15) is 9.67 Å². The van der Waals surface area contributed by atoms with Gasteiger partial charge in [-0.15, -0.1) is 0 Å². The summed E-state index contributed by atoms with van der Waals surface area (Å²) >= 11 is 18.5. The summed E-state index contributed by atoms with van der Waals surface area (Å²) < 4.78 is 4.00. The second-order valence-electron chi connectivity index (χ2n) is 3.10. The fraction of sp³-hybridized carbons (Fsp3) is 0. The molecule has 1 aromatic heterocycles. The fourth-order valence-electron chi connectivity index (χ4n) is 1.26. The maximum absolute atomic E-state index is 10.8. The van der Waals surface area contributed by atoms with Gasteiger partial charge in [-0.05, 0) is 29.7 Å². The smallest absolute Gasteiger partial charge is 0.349 e. The Labute approximate surface area is 116 Å². The van der Waals surface area contributed by atoms with Crippen molar-refractivity contribution in [3.63, 3.8) is 0 Å². The van der Waals surface area contributed by atoms with Gasteiger partial charge in [-0.3, -0.25) is 0 Å². The Kier molecular flexibility index (Phi) is 3.58. The van der Waals surface area contributed by atoms with Crippen LogP contribution in [0.15, 0.2) is 18.2 Å². The monoisotopic (exact) mass is 307 g/mol. The molecule has 1 aromatic carbocycles. The highest BCUT2D eigenvalue weighted by molar-refractivity contribution is 7.09. The minimum absolute atomic E-state index is 0.00677. The van der Waals surface area contributed by atoms with Gasteiger partial charge in [-0.2, -0.15) is 4.37 Å². The lowest BCUT2D eigenvalue weighted by molar-refractivity contribution is 0.0702. The zero-order valence-corrected chi connectivity index (χ0v) is 11.2. The number of nitrogens with zero attached hydrogens (tertiary/aromatic N) is 1. The van der Waals surface area contributed by atoms with E-state index >= 15 is 0 Å². The molecule has 0 aliphatic rings. The van der Waals surface area contributed by atoms with Crippen LogP contribution in [0.2, 0.25) is 15.1 Å². The average Bonchev–Trinajstić information content (AvgIpc) is 2.60. The summed E-state index contributed by atoms with van der Waals surface area (Å²) in [5.41, 5.74) is 0.917. The van der Waals surface area contributed by atoms with Crippen LogP contribution in [0.25, 0.3) is 11.3 Å². The van der Waals surface area contributed by atoms with Crippen molar-refractivity contribution < 1.29 is 9.90 Å². The molecule has 1 N–H and O–H groups in total. The average molecular weight is 309 g/mol. The molecule has 88 valence electrons. The van der Waals surface area contributed by atoms with Crippen molar-refractivity contribution >= 4 is 52.3 Å². The summed E-state index contributed by atoms with van der Waals surface area (Å²) in [6, 6.07) is 4.84. The van der Waals surface area contributed by atoms with Crippen LogP contribution in [0.3, 0.4) is 0 Å². The van der Waals surface area contributed by atoms with Gasteiger partial charge in [0.15, 0.2) is 4.88 Å². The molecule has 2 rings (SSSR count). The van der Waals surface area contributed by atoms with Crippen molar-refractivity contribution in [3.8, 4) is 11.3 Å². The Morgan fingerprint density at radius 1 is 1.29 bits per heavy atom. The van der Waals surface area contributed by atoms with Crippen LogP contribution < -0.4 is 0 Å². The predicted molar refractivity (Wildman–Crippen MR) is 69.5 cm³/mol. The van der Waals surface area contributed by atoms with E-state index in [9.17, 15) is 4.79 Å². The van der Waals surface area contributed by atoms with Gasteiger partial charge in [0.25, 0.3) is 0 Å². The normalized spacial score (nSPS) is 10.5. The molecule has 0 saturated carbocycles. The van der Waals surface area contributed by atoms with Gasteiger partial charge in [-0.1, -0.05) is 34.8 Å². The second-order valence-corrected chi connectivity index (χ2v) is 5.10. The number of carboxylic acids is 1. The van der Waals surface area contributed by atoms with Crippen molar-refractivity contribution in [1.29, 1.82) is 0 Å². The molecule has 1 heterocycles. The molecule has 0 bridgehead atoms. The highest BCUT2D eigenvalue weighted by Gasteiger charge is 2.20. The molecule has 3 nitrogen and oxygen atoms in total. The lowest BCUT2D eigenvalue weighted by Crippen LogP contribution is -1.92. The van der Waals surface area contributed by atoms with Crippen molar-refractivity contribution in [2.45, 2.75) is 0 Å². The van der Waals surface area contributed by atoms with Gasteiger partial charge in [0.2, 0.25) is 0 Å². The molecular formula is C10H4Cl3NO2S. The van der Waals surface area contributed by atoms with Crippen LogP contribution in [0, 0.1) is 0 Å². The molecular weight excluding hydrogens is 305 g/mol. The quantitative estimate of drug-likeness (QED) is 0.890. The Balaban J connectivity index is 2.57. The van der Waals surface area contributed by atoms with Crippen LogP contribution in [0.4, 0.5) is 0 Å². The number of hydrogen-bond acceptors (Lipinski definition) is 3. The molecule has 0 fully saturated rings. The van der Waals surface area contributed by atoms with Gasteiger partial charge in [-0.25, -0.2) is 4.79 Å². The lowest BCUT2D eigenvalue weighted by Gasteiger charge is -2.01. The third-order valence-corrected chi connectivity index (χ3v) is 3.88. The number of rotatable bonds is 2. The van der Waals surface area contributed by atoms with Gasteiger partial charge in [0, 0.05) is 10.6 Å². The molecule has 2 aromatic rings. The molecule has 0 saturated heterocycles. The van der Waals surface area contributed by atoms with E-state index in [2.05, 4.69) is 4.37 Å². The summed E-state index contributed by atoms with van der Waals surface area (Å²) in [4.78, 5) is 10.8. The summed E-state index contributed by atoms with van der Waals surface area (Å²) in [6.45, 7) is 0. The predicted octanol–water partition coefficient (Wildman–Crippen LogP) is 4.47. The van der Waals surface area contributed by atoms with E-state index in [0.717, 1.165) is 11.5 Å². The maximum atomic E-state index is 10.8. The largest absolute Gasteiger partial charge is 0.477 e. The minimum Gasteiger partial charge on any atom is -0.477 e. The van der Waals surface area contributed by atoms with Crippen molar-refractivity contribution in [2.24, 2.45) is 0 Å². The number of halogens is 3. The second kappa shape index (κ2) is 4.82. The molecule has 7 heteroatoms. The molecule has 0 spiro atoms. The highest BCUT2D eigenvalue weighted by Crippen LogP contribution is 2.37. The standard InChI is InChI=1S/C10H4Cl3NO2S/c11-4-1-2-5(6(12)3-4)8-7(13)9(10(15)16)17-14-8/h1-3H,(H,15,16). The molecule has 0 aliphatic heterocycles. The summed E-state index contributed by atoms with van der Waals surface area (Å²) in [7, 11) is 0. The summed E-state index contributed by atoms with van der Waals surface area (Å²) in [5, 5.41) is 9.83. The first-order valence-electron chi connectivity index (χ1n) is 4.34. The van der Waals surface area contributed by atoms with Crippen LogP contribution in [-0.4, -0.2) is 15.4 Å². The first kappa shape index (κ1) is 12.6. The van der Waals surface area contributed by atoms with E-state index in [-0.39, 0.29) is 9.90 Å². The van der Waals surface area contributed by atoms with E-state index in [4.69, 9.17) is 39.9 Å². The summed E-state index contributed by atoms with van der Waals surface area (Å²) in [6.07, 6.45) is 0. The van der Waals surface area contributed by atoms with Crippen molar-refractivity contribution in [1.82, 2.24) is 4.37 Å². The van der Waals surface area contributed by atoms with Crippen LogP contribution in [0.5, 0.6) is 0 Å². The fourth-order valence-corrected chi connectivity index (χ4v) is 2.76. The highest BCUT2D eigenvalue weighted by atomic mass is 35.5. The molecule has 17 heavy (non-hydrogen) atoms. The number of aromatic nitrogens is 1. The Morgan fingerprint density at radius 3 is 2.53 bits per heavy atom. The third-order valence-electron chi connectivity index (χ3n) is 2.02. The number of carbonyl (C=O) groups is 1. The Bertz CT molecular complexity index is 597. The van der Waals surface area contributed by atoms with Gasteiger partial charge in [0.1, 0.15) is 5.69 Å². The van der Waals surface area contributed by atoms with Gasteiger partial charge >= 0.3 is 5.97 Å². The first-order valence-corrected chi connectivity index (χ1v) is 6.25. The SMILES string of the molecule is O=C(O)c1snc(-c2ccc(Cl)cc2Cl)c1Cl. The first-order chi connectivity index (χ1) is 8.00. The molecule has 0 aliphatic carbocycles. The molecule has 0 amide bonds. The van der Waals surface area contributed by atoms with E-state index in [1.807, 2.05) is 0 Å². The maximum Gasteiger partial charge on any atom is 0.349 e. The zero-order valence-electron chi connectivity index (χ0n) is 8.08. The lowest BCUT2D eigenvalue weighted by atomic mass is 10.1. The minimum atomic E-state index is -1.11.